The molecule has 0 atom stereocenters. The molecule has 0 saturated carbocycles. The van der Waals surface area contributed by atoms with Crippen molar-refractivity contribution in [1.82, 2.24) is 0 Å². The monoisotopic (exact) mass is 203 g/mol. The summed E-state index contributed by atoms with van der Waals surface area (Å²) in [6, 6.07) is 5.23. The molecule has 0 aliphatic heterocycles. The summed E-state index contributed by atoms with van der Waals surface area (Å²) in [7, 11) is -2.39. The highest BCUT2D eigenvalue weighted by Gasteiger charge is 1.96. The van der Waals surface area contributed by atoms with Gasteiger partial charge in [-0.15, -0.1) is 0 Å². The van der Waals surface area contributed by atoms with E-state index in [0.29, 0.717) is 10.2 Å². The molecule has 1 aromatic rings. The Morgan fingerprint density at radius 1 is 1.60 bits per heavy atom. The Morgan fingerprint density at radius 3 is 3.00 bits per heavy atom. The average Bonchev–Trinajstić information content (AvgIpc) is 1.93. The fourth-order valence-corrected chi connectivity index (χ4v) is 1.26. The smallest absolute Gasteiger partial charge is 0.133 e. The van der Waals surface area contributed by atoms with Gasteiger partial charge < -0.3 is 4.74 Å². The Balaban J connectivity index is 2.90. The van der Waals surface area contributed by atoms with Crippen LogP contribution in [0, 0.1) is 6.92 Å². The Hall–Kier alpha value is -0.500. The molecular formula is C8H9BrO. The number of methoxy groups -OCH3 is 1. The minimum absolute atomic E-state index is 0.339. The van der Waals surface area contributed by atoms with Crippen LogP contribution in [0.15, 0.2) is 22.7 Å². The van der Waals surface area contributed by atoms with Crippen LogP contribution in [-0.4, -0.2) is 7.04 Å². The van der Waals surface area contributed by atoms with Gasteiger partial charge >= 0.3 is 0 Å². The molecule has 0 aliphatic rings. The van der Waals surface area contributed by atoms with E-state index in [1.54, 1.807) is 18.2 Å². The number of aryl methyl sites for hydroxylation is 1. The molecule has 1 aromatic carbocycles. The average molecular weight is 204 g/mol. The summed E-state index contributed by atoms with van der Waals surface area (Å²) in [6.07, 6.45) is 0. The van der Waals surface area contributed by atoms with Gasteiger partial charge in [-0.3, -0.25) is 0 Å². The molecule has 54 valence electrons. The third-order valence-electron chi connectivity index (χ3n) is 1.20. The fourth-order valence-electron chi connectivity index (χ4n) is 0.689. The van der Waals surface area contributed by atoms with Gasteiger partial charge in [0.25, 0.3) is 0 Å². The van der Waals surface area contributed by atoms with Crippen LogP contribution in [0.5, 0.6) is 5.75 Å². The van der Waals surface area contributed by atoms with Gasteiger partial charge in [-0.25, -0.2) is 0 Å². The fraction of sp³-hybridized carbons (Fsp3) is 0.250. The molecule has 10 heavy (non-hydrogen) atoms. The molecule has 0 spiro atoms. The molecule has 0 unspecified atom stereocenters. The maximum absolute atomic E-state index is 6.91. The molecule has 0 radical (unpaired) electrons. The molecule has 0 bridgehead atoms. The van der Waals surface area contributed by atoms with Gasteiger partial charge in [0.2, 0.25) is 0 Å². The van der Waals surface area contributed by atoms with Crippen LogP contribution in [0.3, 0.4) is 0 Å². The third kappa shape index (κ3) is 1.51. The second-order valence-electron chi connectivity index (χ2n) is 2.04. The zero-order valence-electron chi connectivity index (χ0n) is 8.52. The van der Waals surface area contributed by atoms with Gasteiger partial charge in [-0.1, -0.05) is 6.07 Å². The lowest BCUT2D eigenvalue weighted by atomic mass is 10.2. The highest BCUT2D eigenvalue weighted by molar-refractivity contribution is 9.10. The van der Waals surface area contributed by atoms with Crippen molar-refractivity contribution in [2.75, 3.05) is 7.04 Å². The van der Waals surface area contributed by atoms with Crippen LogP contribution in [0.25, 0.3) is 0 Å². The summed E-state index contributed by atoms with van der Waals surface area (Å²) in [5, 5.41) is 0. The van der Waals surface area contributed by atoms with Gasteiger partial charge in [0, 0.05) is 0 Å². The Kier molecular flexibility index (Phi) is 1.34. The first-order valence-corrected chi connectivity index (χ1v) is 3.63. The van der Waals surface area contributed by atoms with Crippen LogP contribution < -0.4 is 4.74 Å². The predicted molar refractivity (Wildman–Crippen MR) is 45.4 cm³/mol. The summed E-state index contributed by atoms with van der Waals surface area (Å²) >= 11 is 3.22. The van der Waals surface area contributed by atoms with Crippen molar-refractivity contribution in [2.45, 2.75) is 6.92 Å². The van der Waals surface area contributed by atoms with E-state index >= 15 is 0 Å². The first-order valence-electron chi connectivity index (χ1n) is 4.34. The van der Waals surface area contributed by atoms with Crippen molar-refractivity contribution in [3.05, 3.63) is 28.2 Å². The lowest BCUT2D eigenvalue weighted by molar-refractivity contribution is 0.412. The van der Waals surface area contributed by atoms with Crippen molar-refractivity contribution in [3.63, 3.8) is 0 Å². The zero-order chi connectivity index (χ0) is 10.1. The quantitative estimate of drug-likeness (QED) is 0.683. The molecule has 2 heteroatoms. The third-order valence-corrected chi connectivity index (χ3v) is 1.82. The SMILES string of the molecule is [2H]C([2H])([2H])Oc1ccc(C)cc1Br. The van der Waals surface area contributed by atoms with Gasteiger partial charge in [-0.2, -0.15) is 0 Å². The van der Waals surface area contributed by atoms with Gasteiger partial charge in [0.05, 0.1) is 15.6 Å². The lowest BCUT2D eigenvalue weighted by Crippen LogP contribution is -1.83. The predicted octanol–water partition coefficient (Wildman–Crippen LogP) is 2.77. The summed E-state index contributed by atoms with van der Waals surface area (Å²) in [5.41, 5.74) is 1.05. The van der Waals surface area contributed by atoms with E-state index in [9.17, 15) is 0 Å². The first kappa shape index (κ1) is 4.39. The molecule has 0 aromatic heterocycles. The molecule has 0 fully saturated rings. The van der Waals surface area contributed by atoms with Crippen LogP contribution in [0.2, 0.25) is 0 Å². The lowest BCUT2D eigenvalue weighted by Gasteiger charge is -2.02. The first-order chi connectivity index (χ1) is 5.88. The zero-order valence-corrected chi connectivity index (χ0v) is 7.10. The van der Waals surface area contributed by atoms with Crippen molar-refractivity contribution in [1.29, 1.82) is 0 Å². The van der Waals surface area contributed by atoms with Crippen LogP contribution in [0.1, 0.15) is 9.68 Å². The maximum atomic E-state index is 6.91. The molecule has 0 heterocycles. The molecule has 1 rings (SSSR count). The van der Waals surface area contributed by atoms with Crippen LogP contribution >= 0.6 is 15.9 Å². The topological polar surface area (TPSA) is 9.23 Å². The van der Waals surface area contributed by atoms with E-state index in [0.717, 1.165) is 5.56 Å². The summed E-state index contributed by atoms with van der Waals surface area (Å²) < 4.78 is 26.1. The van der Waals surface area contributed by atoms with Crippen LogP contribution in [-0.2, 0) is 0 Å². The van der Waals surface area contributed by atoms with Crippen molar-refractivity contribution < 1.29 is 8.85 Å². The van der Waals surface area contributed by atoms with Crippen molar-refractivity contribution >= 4 is 15.9 Å². The van der Waals surface area contributed by atoms with E-state index in [1.807, 2.05) is 6.92 Å². The standard InChI is InChI=1S/C8H9BrO/c1-6-3-4-8(10-2)7(9)5-6/h3-5H,1-2H3/i2D3. The summed E-state index contributed by atoms with van der Waals surface area (Å²) in [4.78, 5) is 0. The second kappa shape index (κ2) is 3.06. The number of benzene rings is 1. The Morgan fingerprint density at radius 2 is 2.40 bits per heavy atom. The van der Waals surface area contributed by atoms with E-state index in [-0.39, 0.29) is 0 Å². The van der Waals surface area contributed by atoms with Crippen molar-refractivity contribution in [3.8, 4) is 5.75 Å². The Bertz CT molecular complexity index is 309. The normalized spacial score (nSPS) is 15.2. The molecule has 0 saturated heterocycles. The second-order valence-corrected chi connectivity index (χ2v) is 2.89. The van der Waals surface area contributed by atoms with Gasteiger partial charge in [0.15, 0.2) is 0 Å². The number of hydrogen-bond acceptors (Lipinski definition) is 1. The van der Waals surface area contributed by atoms with E-state index in [4.69, 9.17) is 8.85 Å². The highest BCUT2D eigenvalue weighted by atomic mass is 79.9. The Labute approximate surface area is 73.4 Å². The minimum atomic E-state index is -2.39. The number of rotatable bonds is 1. The van der Waals surface area contributed by atoms with Gasteiger partial charge in [0.1, 0.15) is 5.75 Å². The molecule has 0 aliphatic carbocycles. The molecular weight excluding hydrogens is 192 g/mol. The van der Waals surface area contributed by atoms with E-state index < -0.39 is 7.04 Å². The number of hydrogen-bond donors (Lipinski definition) is 0. The van der Waals surface area contributed by atoms with Crippen molar-refractivity contribution in [2.24, 2.45) is 0 Å². The number of ether oxygens (including phenoxy) is 1. The largest absolute Gasteiger partial charge is 0.496 e. The molecule has 0 amide bonds. The summed E-state index contributed by atoms with van der Waals surface area (Å²) in [5.74, 6) is 0.339. The highest BCUT2D eigenvalue weighted by Crippen LogP contribution is 2.24. The van der Waals surface area contributed by atoms with E-state index in [1.165, 1.54) is 0 Å². The summed E-state index contributed by atoms with van der Waals surface area (Å²) in [6.45, 7) is 1.92. The number of halogens is 1. The molecule has 0 N–H and O–H groups in total. The minimum Gasteiger partial charge on any atom is -0.496 e. The maximum Gasteiger partial charge on any atom is 0.133 e. The van der Waals surface area contributed by atoms with Crippen LogP contribution in [0.4, 0.5) is 0 Å². The van der Waals surface area contributed by atoms with Gasteiger partial charge in [-0.05, 0) is 40.5 Å². The van der Waals surface area contributed by atoms with E-state index in [2.05, 4.69) is 15.9 Å². The molecule has 1 nitrogen and oxygen atoms in total.